The van der Waals surface area contributed by atoms with Gasteiger partial charge in [-0.15, -0.1) is 5.10 Å². The number of fused-ring (bicyclic) bond motifs is 2. The molecule has 1 saturated heterocycles. The number of ether oxygens (including phenoxy) is 1. The zero-order chi connectivity index (χ0) is 24.0. The number of rotatable bonds is 7. The summed E-state index contributed by atoms with van der Waals surface area (Å²) < 4.78 is 35.6. The second kappa shape index (κ2) is 8.84. The average Bonchev–Trinajstić information content (AvgIpc) is 3.44. The van der Waals surface area contributed by atoms with Crippen LogP contribution in [0.2, 0.25) is 0 Å². The molecule has 3 heterocycles. The van der Waals surface area contributed by atoms with Crippen LogP contribution in [0.1, 0.15) is 38.4 Å². The Morgan fingerprint density at radius 2 is 1.82 bits per heavy atom. The minimum atomic E-state index is -3.26. The van der Waals surface area contributed by atoms with Gasteiger partial charge in [0, 0.05) is 25.4 Å². The number of sulfone groups is 1. The molecule has 0 spiro atoms. The first-order valence-corrected chi connectivity index (χ1v) is 14.2. The predicted molar refractivity (Wildman–Crippen MR) is 133 cm³/mol. The molecule has 1 aliphatic heterocycles. The van der Waals surface area contributed by atoms with Crippen LogP contribution in [-0.4, -0.2) is 52.9 Å². The van der Waals surface area contributed by atoms with Crippen LogP contribution in [0.3, 0.4) is 0 Å². The molecule has 2 aliphatic rings. The van der Waals surface area contributed by atoms with E-state index in [0.29, 0.717) is 35.6 Å². The maximum Gasteiger partial charge on any atom is 0.322 e. The van der Waals surface area contributed by atoms with E-state index in [9.17, 15) is 8.42 Å². The Bertz CT molecular complexity index is 1250. The van der Waals surface area contributed by atoms with Crippen LogP contribution in [0.15, 0.2) is 35.2 Å². The second-order valence-corrected chi connectivity index (χ2v) is 12.4. The summed E-state index contributed by atoms with van der Waals surface area (Å²) in [5.41, 5.74) is 1.08. The molecule has 9 nitrogen and oxygen atoms in total. The van der Waals surface area contributed by atoms with E-state index in [2.05, 4.69) is 30.7 Å². The minimum absolute atomic E-state index is 0.0569. The minimum Gasteiger partial charge on any atom is -0.424 e. The van der Waals surface area contributed by atoms with Crippen molar-refractivity contribution in [2.45, 2.75) is 50.6 Å². The highest BCUT2D eigenvalue weighted by Crippen LogP contribution is 2.41. The van der Waals surface area contributed by atoms with Crippen LogP contribution in [0.25, 0.3) is 0 Å². The first-order valence-electron chi connectivity index (χ1n) is 11.6. The largest absolute Gasteiger partial charge is 0.424 e. The highest BCUT2D eigenvalue weighted by atomic mass is 32.2. The van der Waals surface area contributed by atoms with Gasteiger partial charge in [-0.2, -0.15) is 9.36 Å². The summed E-state index contributed by atoms with van der Waals surface area (Å²) in [6, 6.07) is 9.30. The molecular weight excluding hydrogens is 472 g/mol. The van der Waals surface area contributed by atoms with Gasteiger partial charge in [-0.3, -0.25) is 0 Å². The monoisotopic (exact) mass is 502 g/mol. The maximum atomic E-state index is 11.7. The Morgan fingerprint density at radius 1 is 1.15 bits per heavy atom. The van der Waals surface area contributed by atoms with Crippen LogP contribution in [0.5, 0.6) is 11.8 Å². The van der Waals surface area contributed by atoms with Crippen LogP contribution in [-0.2, 0) is 9.84 Å². The van der Waals surface area contributed by atoms with Gasteiger partial charge in [0.15, 0.2) is 9.84 Å². The van der Waals surface area contributed by atoms with Gasteiger partial charge in [-0.05, 0) is 87.3 Å². The van der Waals surface area contributed by atoms with E-state index < -0.39 is 9.84 Å². The highest BCUT2D eigenvalue weighted by Gasteiger charge is 2.43. The van der Waals surface area contributed by atoms with Gasteiger partial charge in [0.05, 0.1) is 16.6 Å². The number of piperidine rings is 1. The van der Waals surface area contributed by atoms with Gasteiger partial charge in [0.25, 0.3) is 0 Å². The van der Waals surface area contributed by atoms with E-state index in [0.717, 1.165) is 18.8 Å². The van der Waals surface area contributed by atoms with Crippen molar-refractivity contribution in [3.05, 3.63) is 36.0 Å². The van der Waals surface area contributed by atoms with Crippen molar-refractivity contribution < 1.29 is 13.2 Å². The van der Waals surface area contributed by atoms with Crippen molar-refractivity contribution in [3.8, 4) is 11.8 Å². The number of aryl methyl sites for hydroxylation is 1. The molecule has 2 fully saturated rings. The summed E-state index contributed by atoms with van der Waals surface area (Å²) in [6.45, 7) is 8.11. The fourth-order valence-electron chi connectivity index (χ4n) is 4.92. The first-order chi connectivity index (χ1) is 16.2. The molecule has 34 heavy (non-hydrogen) atoms. The van der Waals surface area contributed by atoms with E-state index in [1.165, 1.54) is 36.2 Å². The van der Waals surface area contributed by atoms with Gasteiger partial charge >= 0.3 is 6.01 Å². The van der Waals surface area contributed by atoms with Crippen molar-refractivity contribution in [2.24, 2.45) is 11.8 Å². The van der Waals surface area contributed by atoms with Gasteiger partial charge in [0.1, 0.15) is 10.8 Å². The normalized spacial score (nSPS) is 22.4. The molecule has 11 heteroatoms. The SMILES string of the molecule is Cc1cc(N2C[C@H]3CC[C@@H](C2)[C@@H]3Nc2nc(Oc3ccc(S(C)(=O)=O)cc3)n(C(C)C)n2)sn1. The van der Waals surface area contributed by atoms with Crippen LogP contribution in [0, 0.1) is 18.8 Å². The Morgan fingerprint density at radius 3 is 2.38 bits per heavy atom. The lowest BCUT2D eigenvalue weighted by atomic mass is 9.92. The maximum absolute atomic E-state index is 11.7. The zero-order valence-corrected chi connectivity index (χ0v) is 21.4. The summed E-state index contributed by atoms with van der Waals surface area (Å²) in [6.07, 6.45) is 3.57. The highest BCUT2D eigenvalue weighted by molar-refractivity contribution is 7.90. The molecule has 2 bridgehead atoms. The number of nitrogens with one attached hydrogen (secondary N) is 1. The molecule has 2 aromatic heterocycles. The standard InChI is InChI=1S/C23H30N6O3S2/c1-14(2)29-23(32-18-7-9-19(10-8-18)34(4,30)31)25-22(26-29)24-21-16-5-6-17(21)13-28(12-16)20-11-15(3)27-33-20/h7-11,14,16-17,21H,5-6,12-13H2,1-4H3,(H,24,26)/t16-,17+,21-. The van der Waals surface area contributed by atoms with E-state index >= 15 is 0 Å². The Kier molecular flexibility index (Phi) is 6.01. The number of benzene rings is 1. The van der Waals surface area contributed by atoms with E-state index in [1.54, 1.807) is 28.3 Å². The number of anilines is 2. The van der Waals surface area contributed by atoms with Gasteiger partial charge in [-0.1, -0.05) is 0 Å². The third-order valence-electron chi connectivity index (χ3n) is 6.61. The molecule has 1 N–H and O–H groups in total. The Hall–Kier alpha value is -2.66. The van der Waals surface area contributed by atoms with Crippen molar-refractivity contribution in [3.63, 3.8) is 0 Å². The molecule has 0 amide bonds. The number of hydrogen-bond acceptors (Lipinski definition) is 9. The lowest BCUT2D eigenvalue weighted by Crippen LogP contribution is -2.48. The number of nitrogens with zero attached hydrogens (tertiary/aromatic N) is 5. The molecule has 1 aliphatic carbocycles. The number of hydrogen-bond donors (Lipinski definition) is 1. The van der Waals surface area contributed by atoms with Crippen molar-refractivity contribution >= 4 is 32.3 Å². The lowest BCUT2D eigenvalue weighted by molar-refractivity contribution is 0.375. The zero-order valence-electron chi connectivity index (χ0n) is 19.8. The Labute approximate surface area is 204 Å². The van der Waals surface area contributed by atoms with E-state index in [-0.39, 0.29) is 10.9 Å². The van der Waals surface area contributed by atoms with Crippen molar-refractivity contribution in [2.75, 3.05) is 29.6 Å². The molecule has 5 rings (SSSR count). The van der Waals surface area contributed by atoms with Crippen LogP contribution < -0.4 is 15.0 Å². The third-order valence-corrected chi connectivity index (χ3v) is 8.68. The average molecular weight is 503 g/mol. The summed E-state index contributed by atoms with van der Waals surface area (Å²) >= 11 is 1.58. The van der Waals surface area contributed by atoms with Gasteiger partial charge in [0.2, 0.25) is 5.95 Å². The van der Waals surface area contributed by atoms with Gasteiger partial charge < -0.3 is 15.0 Å². The molecule has 1 aromatic carbocycles. The fraction of sp³-hybridized carbons (Fsp3) is 0.522. The van der Waals surface area contributed by atoms with Crippen LogP contribution >= 0.6 is 11.5 Å². The number of aromatic nitrogens is 4. The van der Waals surface area contributed by atoms with E-state index in [1.807, 2.05) is 20.8 Å². The molecule has 0 unspecified atom stereocenters. The quantitative estimate of drug-likeness (QED) is 0.514. The predicted octanol–water partition coefficient (Wildman–Crippen LogP) is 4.15. The second-order valence-electron chi connectivity index (χ2n) is 9.58. The summed E-state index contributed by atoms with van der Waals surface area (Å²) in [4.78, 5) is 7.37. The summed E-state index contributed by atoms with van der Waals surface area (Å²) in [5.74, 6) is 2.14. The first kappa shape index (κ1) is 23.1. The van der Waals surface area contributed by atoms with E-state index in [4.69, 9.17) is 4.74 Å². The lowest BCUT2D eigenvalue weighted by Gasteiger charge is -2.38. The molecule has 3 atom stereocenters. The van der Waals surface area contributed by atoms with Crippen molar-refractivity contribution in [1.82, 2.24) is 19.1 Å². The topological polar surface area (TPSA) is 102 Å². The summed E-state index contributed by atoms with van der Waals surface area (Å²) in [5, 5.41) is 9.55. The third kappa shape index (κ3) is 4.63. The fourth-order valence-corrected chi connectivity index (χ4v) is 6.33. The van der Waals surface area contributed by atoms with Gasteiger partial charge in [-0.25, -0.2) is 13.1 Å². The molecule has 182 valence electrons. The molecule has 0 radical (unpaired) electrons. The van der Waals surface area contributed by atoms with Crippen LogP contribution in [0.4, 0.5) is 10.9 Å². The van der Waals surface area contributed by atoms with Crippen molar-refractivity contribution in [1.29, 1.82) is 0 Å². The molecule has 1 saturated carbocycles. The molecule has 3 aromatic rings. The Balaban J connectivity index is 1.31. The smallest absolute Gasteiger partial charge is 0.322 e. The summed E-state index contributed by atoms with van der Waals surface area (Å²) in [7, 11) is -3.26. The molecular formula is C23H30N6O3S2.